The summed E-state index contributed by atoms with van der Waals surface area (Å²) in [5.41, 5.74) is 0. The lowest BCUT2D eigenvalue weighted by Crippen LogP contribution is -1.83. The first-order valence-corrected chi connectivity index (χ1v) is 3.83. The maximum Gasteiger partial charge on any atom is 0.115 e. The summed E-state index contributed by atoms with van der Waals surface area (Å²) in [4.78, 5) is 0. The van der Waals surface area contributed by atoms with Crippen LogP contribution in [0.2, 0.25) is 0 Å². The minimum atomic E-state index is -1.32. The van der Waals surface area contributed by atoms with Crippen molar-refractivity contribution in [1.82, 2.24) is 0 Å². The summed E-state index contributed by atoms with van der Waals surface area (Å²) in [5.74, 6) is 0.276. The standard InChI is InChI=1S/C3H4ClNOS/c4-7(6)3-1-2-5/h1,3H2. The first kappa shape index (κ1) is 6.93. The van der Waals surface area contributed by atoms with Crippen molar-refractivity contribution in [3.63, 3.8) is 0 Å². The van der Waals surface area contributed by atoms with Crippen molar-refractivity contribution in [2.24, 2.45) is 0 Å². The molecule has 0 aliphatic carbocycles. The number of hydrogen-bond acceptors (Lipinski definition) is 2. The zero-order valence-corrected chi connectivity index (χ0v) is 5.13. The third kappa shape index (κ3) is 5.93. The number of halogens is 1. The van der Waals surface area contributed by atoms with E-state index in [1.54, 1.807) is 0 Å². The Kier molecular flexibility index (Phi) is 4.06. The summed E-state index contributed by atoms with van der Waals surface area (Å²) in [6, 6.07) is 1.82. The van der Waals surface area contributed by atoms with Crippen molar-refractivity contribution < 1.29 is 4.21 Å². The van der Waals surface area contributed by atoms with Gasteiger partial charge in [-0.15, -0.1) is 0 Å². The third-order valence-electron chi connectivity index (χ3n) is 0.374. The summed E-state index contributed by atoms with van der Waals surface area (Å²) >= 11 is 0. The Labute approximate surface area is 49.0 Å². The zero-order valence-electron chi connectivity index (χ0n) is 3.56. The van der Waals surface area contributed by atoms with E-state index in [1.807, 2.05) is 6.07 Å². The first-order valence-electron chi connectivity index (χ1n) is 1.69. The second kappa shape index (κ2) is 4.10. The van der Waals surface area contributed by atoms with Crippen LogP contribution in [0.15, 0.2) is 0 Å². The second-order valence-corrected chi connectivity index (χ2v) is 2.92. The highest BCUT2D eigenvalue weighted by molar-refractivity contribution is 8.08. The summed E-state index contributed by atoms with van der Waals surface area (Å²) in [7, 11) is 3.66. The van der Waals surface area contributed by atoms with Crippen molar-refractivity contribution in [3.05, 3.63) is 0 Å². The highest BCUT2D eigenvalue weighted by atomic mass is 35.7. The van der Waals surface area contributed by atoms with Gasteiger partial charge in [0.25, 0.3) is 0 Å². The van der Waals surface area contributed by atoms with E-state index in [4.69, 9.17) is 15.9 Å². The van der Waals surface area contributed by atoms with Crippen LogP contribution < -0.4 is 0 Å². The van der Waals surface area contributed by atoms with Crippen molar-refractivity contribution in [1.29, 1.82) is 5.26 Å². The van der Waals surface area contributed by atoms with Gasteiger partial charge in [0.05, 0.1) is 11.8 Å². The summed E-state index contributed by atoms with van der Waals surface area (Å²) < 4.78 is 9.93. The molecule has 0 N–H and O–H groups in total. The smallest absolute Gasteiger partial charge is 0.115 e. The fraction of sp³-hybridized carbons (Fsp3) is 0.667. The van der Waals surface area contributed by atoms with Gasteiger partial charge < -0.3 is 0 Å². The van der Waals surface area contributed by atoms with Crippen molar-refractivity contribution in [2.45, 2.75) is 6.42 Å². The van der Waals surface area contributed by atoms with E-state index in [9.17, 15) is 4.21 Å². The van der Waals surface area contributed by atoms with Gasteiger partial charge in [0.15, 0.2) is 0 Å². The molecule has 0 saturated carbocycles. The highest BCUT2D eigenvalue weighted by Crippen LogP contribution is 1.89. The monoisotopic (exact) mass is 137 g/mol. The Balaban J connectivity index is 3.02. The van der Waals surface area contributed by atoms with Crippen LogP contribution in [0.4, 0.5) is 0 Å². The maximum absolute atomic E-state index is 9.93. The van der Waals surface area contributed by atoms with Crippen LogP contribution >= 0.6 is 10.7 Å². The maximum atomic E-state index is 9.93. The molecule has 0 aromatic rings. The molecule has 0 aliphatic rings. The predicted molar refractivity (Wildman–Crippen MR) is 29.1 cm³/mol. The number of nitrogens with zero attached hydrogens (tertiary/aromatic N) is 1. The summed E-state index contributed by atoms with van der Waals surface area (Å²) in [5, 5.41) is 7.87. The van der Waals surface area contributed by atoms with Crippen LogP contribution in [0.1, 0.15) is 6.42 Å². The van der Waals surface area contributed by atoms with Gasteiger partial charge in [0.1, 0.15) is 10.0 Å². The molecule has 0 radical (unpaired) electrons. The molecule has 0 saturated heterocycles. The molecule has 7 heavy (non-hydrogen) atoms. The predicted octanol–water partition coefficient (Wildman–Crippen LogP) is 0.803. The zero-order chi connectivity index (χ0) is 5.70. The van der Waals surface area contributed by atoms with Gasteiger partial charge in [0.2, 0.25) is 0 Å². The van der Waals surface area contributed by atoms with Crippen LogP contribution in [0, 0.1) is 11.3 Å². The normalized spacial score (nSPS) is 12.6. The Morgan fingerprint density at radius 3 is 2.57 bits per heavy atom. The highest BCUT2D eigenvalue weighted by Gasteiger charge is 1.88. The van der Waals surface area contributed by atoms with E-state index >= 15 is 0 Å². The Hall–Kier alpha value is -0.0700. The number of hydrogen-bond donors (Lipinski definition) is 0. The molecule has 0 aliphatic heterocycles. The van der Waals surface area contributed by atoms with E-state index in [0.29, 0.717) is 0 Å². The minimum absolute atomic E-state index is 0.274. The quantitative estimate of drug-likeness (QED) is 0.529. The summed E-state index contributed by atoms with van der Waals surface area (Å²) in [6.45, 7) is 0. The fourth-order valence-corrected chi connectivity index (χ4v) is 0.609. The molecule has 0 heterocycles. The molecule has 0 amide bonds. The largest absolute Gasteiger partial charge is 0.243 e. The van der Waals surface area contributed by atoms with Crippen molar-refractivity contribution in [3.8, 4) is 6.07 Å². The molecule has 0 bridgehead atoms. The van der Waals surface area contributed by atoms with Crippen LogP contribution in [-0.4, -0.2) is 9.96 Å². The molecule has 4 heteroatoms. The Morgan fingerprint density at radius 1 is 1.86 bits per heavy atom. The molecule has 0 spiro atoms. The molecule has 0 fully saturated rings. The van der Waals surface area contributed by atoms with Gasteiger partial charge >= 0.3 is 0 Å². The van der Waals surface area contributed by atoms with E-state index < -0.39 is 10.0 Å². The SMILES string of the molecule is N#CCCS(=O)Cl. The Bertz CT molecular complexity index is 108. The molecule has 0 rings (SSSR count). The second-order valence-electron chi connectivity index (χ2n) is 0.902. The lowest BCUT2D eigenvalue weighted by Gasteiger charge is -1.78. The Morgan fingerprint density at radius 2 is 2.43 bits per heavy atom. The van der Waals surface area contributed by atoms with Gasteiger partial charge in [-0.25, -0.2) is 4.21 Å². The molecular formula is C3H4ClNOS. The third-order valence-corrected chi connectivity index (χ3v) is 1.36. The molecular weight excluding hydrogens is 134 g/mol. The molecule has 1 atom stereocenters. The molecule has 0 aromatic carbocycles. The lowest BCUT2D eigenvalue weighted by atomic mass is 10.6. The molecule has 2 nitrogen and oxygen atoms in total. The number of nitriles is 1. The van der Waals surface area contributed by atoms with E-state index in [2.05, 4.69) is 0 Å². The van der Waals surface area contributed by atoms with Crippen molar-refractivity contribution in [2.75, 3.05) is 5.75 Å². The topological polar surface area (TPSA) is 40.9 Å². The van der Waals surface area contributed by atoms with Crippen LogP contribution in [0.5, 0.6) is 0 Å². The van der Waals surface area contributed by atoms with E-state index in [1.165, 1.54) is 0 Å². The molecule has 0 aromatic heterocycles. The van der Waals surface area contributed by atoms with Gasteiger partial charge in [-0.1, -0.05) is 0 Å². The minimum Gasteiger partial charge on any atom is -0.243 e. The van der Waals surface area contributed by atoms with Crippen molar-refractivity contribution >= 4 is 20.7 Å². The van der Waals surface area contributed by atoms with Crippen LogP contribution in [0.25, 0.3) is 0 Å². The number of rotatable bonds is 2. The van der Waals surface area contributed by atoms with Crippen LogP contribution in [0.3, 0.4) is 0 Å². The van der Waals surface area contributed by atoms with Gasteiger partial charge in [-0.05, 0) is 10.7 Å². The average Bonchev–Trinajstić information content (AvgIpc) is 1.61. The molecule has 1 unspecified atom stereocenters. The van der Waals surface area contributed by atoms with E-state index in [0.717, 1.165) is 0 Å². The summed E-state index contributed by atoms with van der Waals surface area (Å²) in [6.07, 6.45) is 0.274. The van der Waals surface area contributed by atoms with Crippen LogP contribution in [-0.2, 0) is 10.0 Å². The lowest BCUT2D eigenvalue weighted by molar-refractivity contribution is 0.691. The van der Waals surface area contributed by atoms with Gasteiger partial charge in [-0.3, -0.25) is 0 Å². The molecule has 40 valence electrons. The fourth-order valence-electron chi connectivity index (χ4n) is 0.126. The van der Waals surface area contributed by atoms with Gasteiger partial charge in [0, 0.05) is 6.42 Å². The average molecular weight is 138 g/mol. The first-order chi connectivity index (χ1) is 3.27. The van der Waals surface area contributed by atoms with Gasteiger partial charge in [-0.2, -0.15) is 5.26 Å². The van der Waals surface area contributed by atoms with E-state index in [-0.39, 0.29) is 12.2 Å².